The Kier molecular flexibility index (Phi) is 4.94. The minimum atomic E-state index is -0.487. The van der Waals surface area contributed by atoms with Crippen LogP contribution in [0.4, 0.5) is 10.1 Å². The number of aromatic nitrogens is 2. The lowest BCUT2D eigenvalue weighted by atomic mass is 9.98. The molecule has 2 aromatic rings. The predicted molar refractivity (Wildman–Crippen MR) is 113 cm³/mol. The highest BCUT2D eigenvalue weighted by Crippen LogP contribution is 2.57. The first kappa shape index (κ1) is 20.3. The van der Waals surface area contributed by atoms with Crippen LogP contribution in [0.2, 0.25) is 5.28 Å². The number of hydrogen-bond donors (Lipinski definition) is 0. The highest BCUT2D eigenvalue weighted by atomic mass is 35.5. The topological polar surface area (TPSA) is 69.6 Å². The Morgan fingerprint density at radius 2 is 1.94 bits per heavy atom. The van der Waals surface area contributed by atoms with Crippen molar-refractivity contribution < 1.29 is 14.0 Å². The van der Waals surface area contributed by atoms with Gasteiger partial charge in [-0.05, 0) is 42.1 Å². The van der Waals surface area contributed by atoms with Crippen LogP contribution >= 0.6 is 11.6 Å². The quantitative estimate of drug-likeness (QED) is 0.679. The zero-order chi connectivity index (χ0) is 21.8. The van der Waals surface area contributed by atoms with Crippen molar-refractivity contribution >= 4 is 29.1 Å². The molecule has 3 aliphatic rings. The second-order valence-electron chi connectivity index (χ2n) is 8.53. The van der Waals surface area contributed by atoms with E-state index in [1.54, 1.807) is 24.1 Å². The van der Waals surface area contributed by atoms with Crippen LogP contribution in [0.3, 0.4) is 0 Å². The predicted octanol–water partition coefficient (Wildman–Crippen LogP) is 2.51. The number of carbonyl (C=O) groups excluding carboxylic acids is 2. The Morgan fingerprint density at radius 1 is 1.19 bits per heavy atom. The van der Waals surface area contributed by atoms with E-state index in [4.69, 9.17) is 11.6 Å². The van der Waals surface area contributed by atoms with Gasteiger partial charge in [0.2, 0.25) is 17.1 Å². The van der Waals surface area contributed by atoms with Crippen molar-refractivity contribution in [3.05, 3.63) is 52.3 Å². The van der Waals surface area contributed by atoms with E-state index >= 15 is 0 Å². The van der Waals surface area contributed by atoms with Gasteiger partial charge in [0.05, 0.1) is 23.3 Å². The number of hydrogen-bond acceptors (Lipinski definition) is 5. The van der Waals surface area contributed by atoms with Crippen LogP contribution in [0.1, 0.15) is 36.6 Å². The summed E-state index contributed by atoms with van der Waals surface area (Å²) >= 11 is 6.08. The van der Waals surface area contributed by atoms with E-state index in [1.807, 2.05) is 4.90 Å². The molecule has 1 saturated heterocycles. The molecule has 0 unspecified atom stereocenters. The van der Waals surface area contributed by atoms with Gasteiger partial charge in [-0.2, -0.15) is 0 Å². The van der Waals surface area contributed by atoms with Crippen molar-refractivity contribution in [3.8, 4) is 0 Å². The average molecular weight is 444 g/mol. The maximum Gasteiger partial charge on any atom is 0.238 e. The fourth-order valence-corrected chi connectivity index (χ4v) is 4.82. The number of carbonyl (C=O) groups is 2. The minimum absolute atomic E-state index is 0.0177. The Balaban J connectivity index is 1.39. The molecule has 1 aromatic heterocycles. The molecule has 3 heterocycles. The van der Waals surface area contributed by atoms with Gasteiger partial charge in [0.25, 0.3) is 0 Å². The molecule has 31 heavy (non-hydrogen) atoms. The Morgan fingerprint density at radius 3 is 2.61 bits per heavy atom. The second kappa shape index (κ2) is 7.53. The number of anilines is 1. The molecule has 9 heteroatoms. The number of piperazine rings is 1. The fraction of sp³-hybridized carbons (Fsp3) is 0.455. The largest absolute Gasteiger partial charge is 0.340 e. The second-order valence-corrected chi connectivity index (χ2v) is 8.87. The smallest absolute Gasteiger partial charge is 0.238 e. The molecule has 2 fully saturated rings. The monoisotopic (exact) mass is 443 g/mol. The number of amides is 2. The van der Waals surface area contributed by atoms with E-state index in [0.717, 1.165) is 42.8 Å². The van der Waals surface area contributed by atoms with Gasteiger partial charge in [-0.15, -0.1) is 0 Å². The van der Waals surface area contributed by atoms with Crippen LogP contribution in [0.15, 0.2) is 24.4 Å². The van der Waals surface area contributed by atoms with Crippen molar-refractivity contribution in [2.75, 3.05) is 31.1 Å². The zero-order valence-electron chi connectivity index (χ0n) is 17.3. The third-order valence-corrected chi connectivity index (χ3v) is 6.80. The molecule has 0 atom stereocenters. The van der Waals surface area contributed by atoms with Crippen molar-refractivity contribution in [3.63, 3.8) is 0 Å². The zero-order valence-corrected chi connectivity index (χ0v) is 18.0. The number of nitrogens with zero attached hydrogens (tertiary/aromatic N) is 5. The Labute approximate surface area is 184 Å². The fourth-order valence-electron chi connectivity index (χ4n) is 4.67. The molecular formula is C22H23ClFN5O2. The van der Waals surface area contributed by atoms with E-state index in [-0.39, 0.29) is 29.5 Å². The van der Waals surface area contributed by atoms with Gasteiger partial charge in [-0.1, -0.05) is 6.07 Å². The summed E-state index contributed by atoms with van der Waals surface area (Å²) < 4.78 is 14.0. The van der Waals surface area contributed by atoms with Crippen LogP contribution in [0.25, 0.3) is 0 Å². The molecular weight excluding hydrogens is 421 g/mol. The van der Waals surface area contributed by atoms with Gasteiger partial charge in [0.1, 0.15) is 5.82 Å². The van der Waals surface area contributed by atoms with Gasteiger partial charge < -0.3 is 9.80 Å². The Hall–Kier alpha value is -2.58. The molecule has 2 amide bonds. The lowest BCUT2D eigenvalue weighted by molar-refractivity contribution is -0.130. The maximum absolute atomic E-state index is 14.0. The summed E-state index contributed by atoms with van der Waals surface area (Å²) in [4.78, 5) is 39.1. The minimum Gasteiger partial charge on any atom is -0.340 e. The molecule has 1 spiro atoms. The van der Waals surface area contributed by atoms with Crippen molar-refractivity contribution in [2.45, 2.75) is 38.3 Å². The van der Waals surface area contributed by atoms with Gasteiger partial charge in [0, 0.05) is 51.4 Å². The van der Waals surface area contributed by atoms with E-state index in [1.165, 1.54) is 12.1 Å². The number of rotatable bonds is 4. The highest BCUT2D eigenvalue weighted by Gasteiger charge is 2.59. The van der Waals surface area contributed by atoms with Gasteiger partial charge in [-0.3, -0.25) is 14.5 Å². The summed E-state index contributed by atoms with van der Waals surface area (Å²) in [6.07, 6.45) is 3.25. The number of halogens is 2. The third kappa shape index (κ3) is 3.57. The average Bonchev–Trinajstić information content (AvgIpc) is 3.51. The van der Waals surface area contributed by atoms with E-state index in [2.05, 4.69) is 14.9 Å². The summed E-state index contributed by atoms with van der Waals surface area (Å²) in [5.41, 5.74) is 2.60. The first-order valence-electron chi connectivity index (χ1n) is 10.5. The molecule has 1 saturated carbocycles. The van der Waals surface area contributed by atoms with Crippen LogP contribution < -0.4 is 4.90 Å². The van der Waals surface area contributed by atoms with Crippen molar-refractivity contribution in [1.82, 2.24) is 19.8 Å². The summed E-state index contributed by atoms with van der Waals surface area (Å²) in [6, 6.07) is 4.61. The molecule has 162 valence electrons. The molecule has 7 nitrogen and oxygen atoms in total. The SMILES string of the molecule is CC(=O)N1CCN(Cc2nc(Cl)ncc2CN2C(=O)C3(CC3)c3ccc(F)cc32)CC1. The van der Waals surface area contributed by atoms with Crippen LogP contribution in [0.5, 0.6) is 0 Å². The standard InChI is InChI=1S/C22H23ClFN5O2/c1-14(30)28-8-6-27(7-9-28)13-18-15(11-25-21(23)26-18)12-29-19-10-16(24)2-3-17(19)22(4-5-22)20(29)31/h2-3,10-11H,4-9,12-13H2,1H3. The lowest BCUT2D eigenvalue weighted by Gasteiger charge is -2.34. The first-order chi connectivity index (χ1) is 14.9. The maximum atomic E-state index is 14.0. The molecule has 1 aromatic carbocycles. The Bertz CT molecular complexity index is 1070. The van der Waals surface area contributed by atoms with Gasteiger partial charge >= 0.3 is 0 Å². The van der Waals surface area contributed by atoms with Gasteiger partial charge in [-0.25, -0.2) is 14.4 Å². The highest BCUT2D eigenvalue weighted by molar-refractivity contribution is 6.28. The third-order valence-electron chi connectivity index (χ3n) is 6.61. The number of benzene rings is 1. The van der Waals surface area contributed by atoms with E-state index in [0.29, 0.717) is 25.3 Å². The lowest BCUT2D eigenvalue weighted by Crippen LogP contribution is -2.47. The first-order valence-corrected chi connectivity index (χ1v) is 10.9. The molecule has 2 aliphatic heterocycles. The van der Waals surface area contributed by atoms with Crippen molar-refractivity contribution in [2.24, 2.45) is 0 Å². The molecule has 5 rings (SSSR count). The van der Waals surface area contributed by atoms with Crippen LogP contribution in [-0.2, 0) is 28.1 Å². The molecule has 1 aliphatic carbocycles. The van der Waals surface area contributed by atoms with Crippen LogP contribution in [-0.4, -0.2) is 57.8 Å². The summed E-state index contributed by atoms with van der Waals surface area (Å²) in [5.74, 6) is -0.257. The molecule has 0 N–H and O–H groups in total. The summed E-state index contributed by atoms with van der Waals surface area (Å²) in [5, 5.41) is 0.152. The summed E-state index contributed by atoms with van der Waals surface area (Å²) in [7, 11) is 0. The molecule has 0 bridgehead atoms. The van der Waals surface area contributed by atoms with Crippen molar-refractivity contribution in [1.29, 1.82) is 0 Å². The van der Waals surface area contributed by atoms with Gasteiger partial charge in [0.15, 0.2) is 0 Å². The normalized spacial score (nSPS) is 19.8. The molecule has 0 radical (unpaired) electrons. The van der Waals surface area contributed by atoms with E-state index < -0.39 is 5.41 Å². The number of fused-ring (bicyclic) bond motifs is 2. The summed E-state index contributed by atoms with van der Waals surface area (Å²) in [6.45, 7) is 5.22. The van der Waals surface area contributed by atoms with E-state index in [9.17, 15) is 14.0 Å². The van der Waals surface area contributed by atoms with Crippen LogP contribution in [0, 0.1) is 5.82 Å².